The molecule has 1 rings (SSSR count). The van der Waals surface area contributed by atoms with Gasteiger partial charge in [0.25, 0.3) is 0 Å². The number of carbonyl (C=O) groups excluding carboxylic acids is 1. The second-order valence-corrected chi connectivity index (χ2v) is 3.79. The van der Waals surface area contributed by atoms with E-state index in [1.165, 1.54) is 4.90 Å². The molecule has 0 radical (unpaired) electrons. The number of rotatable bonds is 3. The molecule has 0 aromatic rings. The van der Waals surface area contributed by atoms with E-state index in [-0.39, 0.29) is 24.7 Å². The molecule has 1 saturated carbocycles. The highest BCUT2D eigenvalue weighted by Gasteiger charge is 2.22. The topological polar surface area (TPSA) is 55.6 Å². The molecule has 13 heavy (non-hydrogen) atoms. The normalized spacial score (nSPS) is 27.6. The molecule has 2 N–H and O–H groups in total. The maximum Gasteiger partial charge on any atom is 0.248 e. The van der Waals surface area contributed by atoms with Gasteiger partial charge in [0.2, 0.25) is 5.91 Å². The Morgan fingerprint density at radius 3 is 2.69 bits per heavy atom. The van der Waals surface area contributed by atoms with Crippen molar-refractivity contribution in [2.24, 2.45) is 5.73 Å². The number of ether oxygens (including phenoxy) is 1. The molecule has 0 aromatic carbocycles. The molecule has 0 aromatic heterocycles. The van der Waals surface area contributed by atoms with E-state index in [4.69, 9.17) is 10.5 Å². The van der Waals surface area contributed by atoms with E-state index in [0.29, 0.717) is 0 Å². The molecular weight excluding hydrogens is 168 g/mol. The molecule has 0 heterocycles. The Morgan fingerprint density at radius 1 is 1.54 bits per heavy atom. The summed E-state index contributed by atoms with van der Waals surface area (Å²) < 4.78 is 5.43. The maximum absolute atomic E-state index is 11.2. The molecule has 1 aliphatic carbocycles. The number of nitrogens with two attached hydrogens (primary N) is 1. The van der Waals surface area contributed by atoms with Crippen molar-refractivity contribution in [3.63, 3.8) is 0 Å². The first-order valence-corrected chi connectivity index (χ1v) is 4.67. The maximum atomic E-state index is 11.2. The highest BCUT2D eigenvalue weighted by Crippen LogP contribution is 2.20. The van der Waals surface area contributed by atoms with Gasteiger partial charge in [0.1, 0.15) is 6.61 Å². The fourth-order valence-corrected chi connectivity index (χ4v) is 1.44. The molecule has 76 valence electrons. The van der Waals surface area contributed by atoms with E-state index in [1.54, 1.807) is 14.1 Å². The van der Waals surface area contributed by atoms with Gasteiger partial charge in [0, 0.05) is 20.1 Å². The lowest BCUT2D eigenvalue weighted by Gasteiger charge is -2.14. The van der Waals surface area contributed by atoms with Crippen molar-refractivity contribution < 1.29 is 9.53 Å². The van der Waals surface area contributed by atoms with Gasteiger partial charge in [-0.05, 0) is 19.3 Å². The van der Waals surface area contributed by atoms with E-state index in [1.807, 2.05) is 0 Å². The zero-order chi connectivity index (χ0) is 9.84. The second kappa shape index (κ2) is 4.58. The molecule has 2 atom stereocenters. The van der Waals surface area contributed by atoms with Gasteiger partial charge in [0.05, 0.1) is 6.10 Å². The van der Waals surface area contributed by atoms with Crippen LogP contribution in [0, 0.1) is 0 Å². The average Bonchev–Trinajstić information content (AvgIpc) is 2.47. The summed E-state index contributed by atoms with van der Waals surface area (Å²) in [5.74, 6) is 0.0143. The lowest BCUT2D eigenvalue weighted by atomic mass is 10.3. The number of likely N-dealkylation sites (N-methyl/N-ethyl adjacent to an activating group) is 1. The number of amides is 1. The quantitative estimate of drug-likeness (QED) is 0.673. The lowest BCUT2D eigenvalue weighted by Crippen LogP contribution is -2.28. The standard InChI is InChI=1S/C9H18N2O2/c1-11(2)9(12)6-13-8-4-3-7(10)5-8/h7-8H,3-6,10H2,1-2H3. The van der Waals surface area contributed by atoms with E-state index < -0.39 is 0 Å². The van der Waals surface area contributed by atoms with Crippen molar-refractivity contribution in [1.29, 1.82) is 0 Å². The van der Waals surface area contributed by atoms with Gasteiger partial charge in [-0.1, -0.05) is 0 Å². The Labute approximate surface area is 79.0 Å². The van der Waals surface area contributed by atoms with Crippen LogP contribution < -0.4 is 5.73 Å². The Morgan fingerprint density at radius 2 is 2.23 bits per heavy atom. The molecule has 1 aliphatic rings. The van der Waals surface area contributed by atoms with Crippen LogP contribution in [-0.2, 0) is 9.53 Å². The summed E-state index contributed by atoms with van der Waals surface area (Å²) >= 11 is 0. The van der Waals surface area contributed by atoms with E-state index >= 15 is 0 Å². The van der Waals surface area contributed by atoms with Crippen LogP contribution in [0.5, 0.6) is 0 Å². The van der Waals surface area contributed by atoms with Gasteiger partial charge in [-0.15, -0.1) is 0 Å². The van der Waals surface area contributed by atoms with Crippen LogP contribution >= 0.6 is 0 Å². The summed E-state index contributed by atoms with van der Waals surface area (Å²) in [6.45, 7) is 0.185. The van der Waals surface area contributed by atoms with Gasteiger partial charge in [-0.2, -0.15) is 0 Å². The largest absolute Gasteiger partial charge is 0.368 e. The minimum atomic E-state index is 0.0143. The Balaban J connectivity index is 2.16. The fraction of sp³-hybridized carbons (Fsp3) is 0.889. The molecule has 2 unspecified atom stereocenters. The minimum absolute atomic E-state index is 0.0143. The molecular formula is C9H18N2O2. The molecule has 4 heteroatoms. The van der Waals surface area contributed by atoms with Crippen molar-refractivity contribution >= 4 is 5.91 Å². The van der Waals surface area contributed by atoms with Crippen LogP contribution in [-0.4, -0.2) is 43.7 Å². The van der Waals surface area contributed by atoms with Gasteiger partial charge in [0.15, 0.2) is 0 Å². The third kappa shape index (κ3) is 3.32. The summed E-state index contributed by atoms with van der Waals surface area (Å²) in [7, 11) is 3.46. The Kier molecular flexibility index (Phi) is 3.69. The zero-order valence-corrected chi connectivity index (χ0v) is 8.32. The molecule has 1 amide bonds. The third-order valence-corrected chi connectivity index (χ3v) is 2.37. The van der Waals surface area contributed by atoms with Gasteiger partial charge < -0.3 is 15.4 Å². The van der Waals surface area contributed by atoms with Crippen molar-refractivity contribution in [3.05, 3.63) is 0 Å². The number of hydrogen-bond acceptors (Lipinski definition) is 3. The fourth-order valence-electron chi connectivity index (χ4n) is 1.44. The van der Waals surface area contributed by atoms with E-state index in [9.17, 15) is 4.79 Å². The zero-order valence-electron chi connectivity index (χ0n) is 8.32. The van der Waals surface area contributed by atoms with Gasteiger partial charge >= 0.3 is 0 Å². The van der Waals surface area contributed by atoms with Crippen LogP contribution in [0.3, 0.4) is 0 Å². The SMILES string of the molecule is CN(C)C(=O)COC1CCC(N)C1. The number of carbonyl (C=O) groups is 1. The first-order chi connectivity index (χ1) is 6.09. The van der Waals surface area contributed by atoms with Crippen LogP contribution in [0.2, 0.25) is 0 Å². The van der Waals surface area contributed by atoms with Gasteiger partial charge in [-0.3, -0.25) is 4.79 Å². The molecule has 0 aliphatic heterocycles. The highest BCUT2D eigenvalue weighted by atomic mass is 16.5. The first-order valence-electron chi connectivity index (χ1n) is 4.67. The second-order valence-electron chi connectivity index (χ2n) is 3.79. The van der Waals surface area contributed by atoms with E-state index in [2.05, 4.69) is 0 Å². The van der Waals surface area contributed by atoms with Crippen LogP contribution in [0.4, 0.5) is 0 Å². The van der Waals surface area contributed by atoms with Crippen LogP contribution in [0.25, 0.3) is 0 Å². The third-order valence-electron chi connectivity index (χ3n) is 2.37. The predicted octanol–water partition coefficient (Wildman–Crippen LogP) is -0.0290. The number of nitrogens with zero attached hydrogens (tertiary/aromatic N) is 1. The smallest absolute Gasteiger partial charge is 0.248 e. The monoisotopic (exact) mass is 186 g/mol. The first kappa shape index (κ1) is 10.5. The summed E-state index contributed by atoms with van der Waals surface area (Å²) in [6, 6.07) is 0.263. The molecule has 0 bridgehead atoms. The predicted molar refractivity (Wildman–Crippen MR) is 50.3 cm³/mol. The molecule has 4 nitrogen and oxygen atoms in total. The molecule has 1 fully saturated rings. The number of hydrogen-bond donors (Lipinski definition) is 1. The minimum Gasteiger partial charge on any atom is -0.368 e. The summed E-state index contributed by atoms with van der Waals surface area (Å²) in [5, 5.41) is 0. The van der Waals surface area contributed by atoms with Crippen molar-refractivity contribution in [2.75, 3.05) is 20.7 Å². The summed E-state index contributed by atoms with van der Waals surface area (Å²) in [4.78, 5) is 12.7. The molecule has 0 spiro atoms. The van der Waals surface area contributed by atoms with Crippen molar-refractivity contribution in [1.82, 2.24) is 4.90 Å². The highest BCUT2D eigenvalue weighted by molar-refractivity contribution is 5.76. The molecule has 0 saturated heterocycles. The van der Waals surface area contributed by atoms with E-state index in [0.717, 1.165) is 19.3 Å². The summed E-state index contributed by atoms with van der Waals surface area (Å²) in [5.41, 5.74) is 5.72. The van der Waals surface area contributed by atoms with Crippen LogP contribution in [0.15, 0.2) is 0 Å². The van der Waals surface area contributed by atoms with Gasteiger partial charge in [-0.25, -0.2) is 0 Å². The Hall–Kier alpha value is -0.610. The lowest BCUT2D eigenvalue weighted by molar-refractivity contribution is -0.135. The average molecular weight is 186 g/mol. The van der Waals surface area contributed by atoms with Crippen molar-refractivity contribution in [2.45, 2.75) is 31.4 Å². The summed E-state index contributed by atoms with van der Waals surface area (Å²) in [6.07, 6.45) is 3.09. The van der Waals surface area contributed by atoms with Crippen LogP contribution in [0.1, 0.15) is 19.3 Å². The Bertz CT molecular complexity index is 182. The van der Waals surface area contributed by atoms with Crippen molar-refractivity contribution in [3.8, 4) is 0 Å².